The van der Waals surface area contributed by atoms with Crippen molar-refractivity contribution in [3.8, 4) is 0 Å². The second-order valence-electron chi connectivity index (χ2n) is 4.66. The quantitative estimate of drug-likeness (QED) is 0.617. The molecule has 0 radical (unpaired) electrons. The van der Waals surface area contributed by atoms with Crippen LogP contribution < -0.4 is 5.32 Å². The number of rotatable bonds is 7. The van der Waals surface area contributed by atoms with Crippen molar-refractivity contribution in [3.05, 3.63) is 0 Å². The molecule has 1 unspecified atom stereocenters. The molecule has 1 rings (SSSR count). The third-order valence-corrected chi connectivity index (χ3v) is 3.31. The number of aliphatic hydroxyl groups excluding tert-OH is 1. The van der Waals surface area contributed by atoms with Crippen LogP contribution in [0, 0.1) is 5.92 Å². The van der Waals surface area contributed by atoms with Gasteiger partial charge in [-0.3, -0.25) is 0 Å². The lowest BCUT2D eigenvalue weighted by atomic mass is 9.99. The van der Waals surface area contributed by atoms with E-state index in [1.54, 1.807) is 0 Å². The topological polar surface area (TPSA) is 32.3 Å². The molecule has 0 amide bonds. The molecule has 1 fully saturated rings. The smallest absolute Gasteiger partial charge is 0.0443 e. The molecule has 0 heterocycles. The van der Waals surface area contributed by atoms with E-state index in [2.05, 4.69) is 12.2 Å². The van der Waals surface area contributed by atoms with Gasteiger partial charge in [-0.25, -0.2) is 0 Å². The maximum Gasteiger partial charge on any atom is 0.0443 e. The average Bonchev–Trinajstić information content (AvgIpc) is 2.68. The van der Waals surface area contributed by atoms with Gasteiger partial charge in [0.15, 0.2) is 0 Å². The molecule has 1 aliphatic rings. The fourth-order valence-electron chi connectivity index (χ4n) is 2.31. The molecule has 14 heavy (non-hydrogen) atoms. The van der Waals surface area contributed by atoms with Crippen molar-refractivity contribution >= 4 is 0 Å². The normalized spacial score (nSPS) is 20.1. The fourth-order valence-corrected chi connectivity index (χ4v) is 2.31. The molecule has 1 saturated carbocycles. The van der Waals surface area contributed by atoms with Crippen molar-refractivity contribution in [2.75, 3.05) is 13.2 Å². The molecular formula is C12H25NO. The van der Waals surface area contributed by atoms with Crippen molar-refractivity contribution in [3.63, 3.8) is 0 Å². The zero-order chi connectivity index (χ0) is 10.2. The summed E-state index contributed by atoms with van der Waals surface area (Å²) in [5.74, 6) is 1.01. The summed E-state index contributed by atoms with van der Waals surface area (Å²) < 4.78 is 0. The summed E-state index contributed by atoms with van der Waals surface area (Å²) in [7, 11) is 0. The van der Waals surface area contributed by atoms with E-state index in [-0.39, 0.29) is 0 Å². The molecule has 2 heteroatoms. The first-order valence-electron chi connectivity index (χ1n) is 6.17. The van der Waals surface area contributed by atoms with Crippen molar-refractivity contribution < 1.29 is 5.11 Å². The molecule has 0 saturated heterocycles. The predicted octanol–water partition coefficient (Wildman–Crippen LogP) is 2.32. The van der Waals surface area contributed by atoms with Gasteiger partial charge in [-0.15, -0.1) is 0 Å². The van der Waals surface area contributed by atoms with Crippen molar-refractivity contribution in [2.24, 2.45) is 5.92 Å². The van der Waals surface area contributed by atoms with E-state index in [0.29, 0.717) is 12.6 Å². The highest BCUT2D eigenvalue weighted by atomic mass is 16.3. The van der Waals surface area contributed by atoms with Crippen molar-refractivity contribution in [1.82, 2.24) is 5.32 Å². The summed E-state index contributed by atoms with van der Waals surface area (Å²) in [4.78, 5) is 0. The maximum absolute atomic E-state index is 8.64. The third-order valence-electron chi connectivity index (χ3n) is 3.31. The molecule has 0 aromatic rings. The first-order valence-corrected chi connectivity index (χ1v) is 6.17. The Bertz CT molecular complexity index is 132. The molecule has 0 spiro atoms. The van der Waals surface area contributed by atoms with Crippen LogP contribution in [0.25, 0.3) is 0 Å². The molecular weight excluding hydrogens is 174 g/mol. The molecule has 0 aromatic carbocycles. The van der Waals surface area contributed by atoms with Gasteiger partial charge in [0.25, 0.3) is 0 Å². The van der Waals surface area contributed by atoms with E-state index in [1.807, 2.05) is 0 Å². The van der Waals surface area contributed by atoms with E-state index in [1.165, 1.54) is 38.5 Å². The Labute approximate surface area is 88.1 Å². The zero-order valence-corrected chi connectivity index (χ0v) is 9.47. The van der Waals surface area contributed by atoms with Crippen LogP contribution in [-0.2, 0) is 0 Å². The Morgan fingerprint density at radius 3 is 2.71 bits per heavy atom. The second kappa shape index (κ2) is 7.24. The van der Waals surface area contributed by atoms with E-state index < -0.39 is 0 Å². The Morgan fingerprint density at radius 2 is 2.07 bits per heavy atom. The van der Waals surface area contributed by atoms with E-state index in [0.717, 1.165) is 18.9 Å². The molecule has 2 nitrogen and oxygen atoms in total. The predicted molar refractivity (Wildman–Crippen MR) is 60.4 cm³/mol. The Balaban J connectivity index is 1.93. The highest BCUT2D eigenvalue weighted by Crippen LogP contribution is 2.28. The molecule has 1 atom stereocenters. The largest absolute Gasteiger partial charge is 0.396 e. The minimum atomic E-state index is 0.308. The van der Waals surface area contributed by atoms with Crippen LogP contribution in [0.1, 0.15) is 51.9 Å². The highest BCUT2D eigenvalue weighted by molar-refractivity contribution is 4.70. The van der Waals surface area contributed by atoms with Gasteiger partial charge in [0.2, 0.25) is 0 Å². The van der Waals surface area contributed by atoms with Crippen molar-refractivity contribution in [2.45, 2.75) is 57.9 Å². The highest BCUT2D eigenvalue weighted by Gasteiger charge is 2.15. The lowest BCUT2D eigenvalue weighted by Gasteiger charge is -2.15. The monoisotopic (exact) mass is 199 g/mol. The van der Waals surface area contributed by atoms with Crippen LogP contribution in [0.2, 0.25) is 0 Å². The summed E-state index contributed by atoms with van der Waals surface area (Å²) in [5.41, 5.74) is 0. The van der Waals surface area contributed by atoms with Gasteiger partial charge < -0.3 is 10.4 Å². The van der Waals surface area contributed by atoms with Gasteiger partial charge in [0.05, 0.1) is 0 Å². The lowest BCUT2D eigenvalue weighted by Crippen LogP contribution is -2.27. The van der Waals surface area contributed by atoms with Gasteiger partial charge in [0.1, 0.15) is 0 Å². The number of hydrogen-bond donors (Lipinski definition) is 2. The van der Waals surface area contributed by atoms with Gasteiger partial charge in [0, 0.05) is 12.6 Å². The molecule has 0 aromatic heterocycles. The van der Waals surface area contributed by atoms with Crippen LogP contribution in [0.3, 0.4) is 0 Å². The van der Waals surface area contributed by atoms with Gasteiger partial charge in [-0.05, 0) is 38.6 Å². The summed E-state index contributed by atoms with van der Waals surface area (Å²) in [6.45, 7) is 3.52. The van der Waals surface area contributed by atoms with Crippen molar-refractivity contribution in [1.29, 1.82) is 0 Å². The summed E-state index contributed by atoms with van der Waals surface area (Å²) >= 11 is 0. The zero-order valence-electron chi connectivity index (χ0n) is 9.47. The fraction of sp³-hybridized carbons (Fsp3) is 1.00. The van der Waals surface area contributed by atoms with Crippen LogP contribution in [-0.4, -0.2) is 24.3 Å². The van der Waals surface area contributed by atoms with Crippen LogP contribution >= 0.6 is 0 Å². The number of hydrogen-bond acceptors (Lipinski definition) is 2. The van der Waals surface area contributed by atoms with Crippen LogP contribution in [0.5, 0.6) is 0 Å². The number of aliphatic hydroxyl groups is 1. The van der Waals surface area contributed by atoms with Gasteiger partial charge in [-0.1, -0.05) is 25.7 Å². The Kier molecular flexibility index (Phi) is 6.20. The summed E-state index contributed by atoms with van der Waals surface area (Å²) in [6, 6.07) is 0.627. The summed E-state index contributed by atoms with van der Waals surface area (Å²) in [6.07, 6.45) is 9.41. The van der Waals surface area contributed by atoms with Gasteiger partial charge >= 0.3 is 0 Å². The Hall–Kier alpha value is -0.0800. The number of nitrogens with one attached hydrogen (secondary N) is 1. The van der Waals surface area contributed by atoms with E-state index in [4.69, 9.17) is 5.11 Å². The first kappa shape index (κ1) is 12.0. The minimum absolute atomic E-state index is 0.308. The Morgan fingerprint density at radius 1 is 1.36 bits per heavy atom. The molecule has 1 aliphatic carbocycles. The van der Waals surface area contributed by atoms with E-state index >= 15 is 0 Å². The molecule has 84 valence electrons. The molecule has 0 aliphatic heterocycles. The second-order valence-corrected chi connectivity index (χ2v) is 4.66. The summed E-state index contributed by atoms with van der Waals surface area (Å²) in [5, 5.41) is 12.1. The first-order chi connectivity index (χ1) is 6.83. The van der Waals surface area contributed by atoms with Crippen LogP contribution in [0.4, 0.5) is 0 Å². The third kappa shape index (κ3) is 4.97. The van der Waals surface area contributed by atoms with Crippen LogP contribution in [0.15, 0.2) is 0 Å². The van der Waals surface area contributed by atoms with Gasteiger partial charge in [-0.2, -0.15) is 0 Å². The SMILES string of the molecule is CC(CCC1CCCC1)NCCCO. The molecule has 2 N–H and O–H groups in total. The maximum atomic E-state index is 8.64. The lowest BCUT2D eigenvalue weighted by molar-refractivity contribution is 0.282. The average molecular weight is 199 g/mol. The van der Waals surface area contributed by atoms with E-state index in [9.17, 15) is 0 Å². The molecule has 0 bridgehead atoms. The standard InChI is InChI=1S/C12H25NO/c1-11(13-9-4-10-14)7-8-12-5-2-3-6-12/h11-14H,2-10H2,1H3. The minimum Gasteiger partial charge on any atom is -0.396 e.